The van der Waals surface area contributed by atoms with Gasteiger partial charge in [0.2, 0.25) is 0 Å². The first-order chi connectivity index (χ1) is 13.7. The molecule has 0 aliphatic carbocycles. The van der Waals surface area contributed by atoms with Crippen molar-refractivity contribution in [2.75, 3.05) is 4.90 Å². The lowest BCUT2D eigenvalue weighted by Gasteiger charge is -2.37. The van der Waals surface area contributed by atoms with Crippen molar-refractivity contribution >= 4 is 5.69 Å². The molecule has 0 aliphatic rings. The van der Waals surface area contributed by atoms with Gasteiger partial charge in [0, 0.05) is 17.9 Å². The van der Waals surface area contributed by atoms with E-state index in [1.807, 2.05) is 13.0 Å². The molecule has 0 saturated heterocycles. The Hall–Kier alpha value is -2.54. The number of hydrogen-bond acceptors (Lipinski definition) is 1. The molecule has 0 bridgehead atoms. The Bertz CT molecular complexity index is 834. The Kier molecular flexibility index (Phi) is 8.08. The van der Waals surface area contributed by atoms with Crippen LogP contribution in [0.1, 0.15) is 52.7 Å². The Labute approximate surface area is 178 Å². The summed E-state index contributed by atoms with van der Waals surface area (Å²) in [5, 5.41) is 0. The molecule has 2 aromatic carbocycles. The summed E-state index contributed by atoms with van der Waals surface area (Å²) in [5.41, 5.74) is 5.16. The van der Waals surface area contributed by atoms with Crippen molar-refractivity contribution in [1.82, 2.24) is 0 Å². The van der Waals surface area contributed by atoms with E-state index >= 15 is 0 Å². The van der Waals surface area contributed by atoms with Crippen molar-refractivity contribution in [3.8, 4) is 0 Å². The van der Waals surface area contributed by atoms with Gasteiger partial charge in [-0.25, -0.2) is 0 Å². The molecule has 0 spiro atoms. The van der Waals surface area contributed by atoms with E-state index in [1.165, 1.54) is 16.8 Å². The van der Waals surface area contributed by atoms with E-state index in [-0.39, 0.29) is 5.41 Å². The standard InChI is InChI=1S/C28H37N/c1-22(2)15-13-14-20-29(26-19-12-11-18-25(26)28(5,6)7)27(23(3)4)21-24-16-9-8-10-17-24/h8-20,23,27H,1,21H2,2-7H3/b15-13-,20-14-. The first-order valence-electron chi connectivity index (χ1n) is 10.6. The molecule has 0 aromatic heterocycles. The zero-order valence-corrected chi connectivity index (χ0v) is 19.0. The van der Waals surface area contributed by atoms with Gasteiger partial charge in [-0.3, -0.25) is 0 Å². The van der Waals surface area contributed by atoms with Gasteiger partial charge < -0.3 is 4.90 Å². The molecule has 2 rings (SSSR count). The highest BCUT2D eigenvalue weighted by Gasteiger charge is 2.26. The van der Waals surface area contributed by atoms with Crippen molar-refractivity contribution in [2.45, 2.75) is 59.4 Å². The summed E-state index contributed by atoms with van der Waals surface area (Å²) in [7, 11) is 0. The third-order valence-corrected chi connectivity index (χ3v) is 5.14. The van der Waals surface area contributed by atoms with Crippen LogP contribution in [0.4, 0.5) is 5.69 Å². The maximum Gasteiger partial charge on any atom is 0.0446 e. The number of nitrogens with zero attached hydrogens (tertiary/aromatic N) is 1. The average Bonchev–Trinajstić information content (AvgIpc) is 2.66. The molecule has 0 aliphatic heterocycles. The molecule has 1 atom stereocenters. The number of rotatable bonds is 8. The first kappa shape index (κ1) is 22.7. The van der Waals surface area contributed by atoms with Gasteiger partial charge in [0.25, 0.3) is 0 Å². The van der Waals surface area contributed by atoms with Crippen LogP contribution in [0.2, 0.25) is 0 Å². The monoisotopic (exact) mass is 387 g/mol. The van der Waals surface area contributed by atoms with Crippen LogP contribution in [0.3, 0.4) is 0 Å². The lowest BCUT2D eigenvalue weighted by molar-refractivity contribution is 0.475. The topological polar surface area (TPSA) is 3.24 Å². The molecule has 29 heavy (non-hydrogen) atoms. The van der Waals surface area contributed by atoms with Gasteiger partial charge in [0.15, 0.2) is 0 Å². The van der Waals surface area contributed by atoms with E-state index in [4.69, 9.17) is 0 Å². The van der Waals surface area contributed by atoms with E-state index in [1.54, 1.807) is 0 Å². The summed E-state index contributed by atoms with van der Waals surface area (Å²) in [6.45, 7) is 17.5. The Morgan fingerprint density at radius 1 is 0.966 bits per heavy atom. The summed E-state index contributed by atoms with van der Waals surface area (Å²) in [5.74, 6) is 0.498. The van der Waals surface area contributed by atoms with Crippen LogP contribution in [-0.4, -0.2) is 6.04 Å². The third kappa shape index (κ3) is 6.78. The largest absolute Gasteiger partial charge is 0.344 e. The highest BCUT2D eigenvalue weighted by molar-refractivity contribution is 5.59. The predicted molar refractivity (Wildman–Crippen MR) is 129 cm³/mol. The fourth-order valence-corrected chi connectivity index (χ4v) is 3.58. The van der Waals surface area contributed by atoms with Crippen molar-refractivity contribution < 1.29 is 0 Å². The number of benzene rings is 2. The minimum atomic E-state index is 0.0739. The van der Waals surface area contributed by atoms with Gasteiger partial charge >= 0.3 is 0 Å². The first-order valence-corrected chi connectivity index (χ1v) is 10.6. The summed E-state index contributed by atoms with van der Waals surface area (Å²) < 4.78 is 0. The van der Waals surface area contributed by atoms with E-state index in [0.29, 0.717) is 12.0 Å². The molecular formula is C28H37N. The van der Waals surface area contributed by atoms with Gasteiger partial charge in [-0.2, -0.15) is 0 Å². The Morgan fingerprint density at radius 3 is 2.17 bits per heavy atom. The molecular weight excluding hydrogens is 350 g/mol. The summed E-state index contributed by atoms with van der Waals surface area (Å²) in [6.07, 6.45) is 9.50. The van der Waals surface area contributed by atoms with Crippen LogP contribution >= 0.6 is 0 Å². The molecule has 1 nitrogen and oxygen atoms in total. The fourth-order valence-electron chi connectivity index (χ4n) is 3.58. The van der Waals surface area contributed by atoms with Crippen LogP contribution in [0.5, 0.6) is 0 Å². The lowest BCUT2D eigenvalue weighted by atomic mass is 9.84. The van der Waals surface area contributed by atoms with Gasteiger partial charge in [-0.1, -0.05) is 107 Å². The average molecular weight is 388 g/mol. The van der Waals surface area contributed by atoms with Crippen LogP contribution in [0.25, 0.3) is 0 Å². The molecule has 0 radical (unpaired) electrons. The van der Waals surface area contributed by atoms with Gasteiger partial charge in [0.1, 0.15) is 0 Å². The SMILES string of the molecule is C=C(C)/C=C\C=C/N(c1ccccc1C(C)(C)C)C(Cc1ccccc1)C(C)C. The second-order valence-corrected chi connectivity index (χ2v) is 9.22. The second kappa shape index (κ2) is 10.3. The number of anilines is 1. The molecule has 0 saturated carbocycles. The van der Waals surface area contributed by atoms with Crippen molar-refractivity contribution in [1.29, 1.82) is 0 Å². The minimum absolute atomic E-state index is 0.0739. The Balaban J connectivity index is 2.52. The smallest absolute Gasteiger partial charge is 0.0446 e. The maximum absolute atomic E-state index is 3.96. The highest BCUT2D eigenvalue weighted by Crippen LogP contribution is 2.35. The van der Waals surface area contributed by atoms with Gasteiger partial charge in [0.05, 0.1) is 0 Å². The minimum Gasteiger partial charge on any atom is -0.344 e. The van der Waals surface area contributed by atoms with Crippen molar-refractivity contribution in [3.63, 3.8) is 0 Å². The lowest BCUT2D eigenvalue weighted by Crippen LogP contribution is -2.38. The fraction of sp³-hybridized carbons (Fsp3) is 0.357. The number of hydrogen-bond donors (Lipinski definition) is 0. The molecule has 0 N–H and O–H groups in total. The molecule has 0 heterocycles. The van der Waals surface area contributed by atoms with Crippen LogP contribution in [-0.2, 0) is 11.8 Å². The van der Waals surface area contributed by atoms with Crippen LogP contribution < -0.4 is 4.90 Å². The van der Waals surface area contributed by atoms with E-state index < -0.39 is 0 Å². The van der Waals surface area contributed by atoms with Crippen molar-refractivity contribution in [3.05, 3.63) is 102 Å². The predicted octanol–water partition coefficient (Wildman–Crippen LogP) is 7.70. The van der Waals surface area contributed by atoms with Crippen LogP contribution in [0.15, 0.2) is 91.2 Å². The number of para-hydroxylation sites is 1. The van der Waals surface area contributed by atoms with E-state index in [2.05, 4.69) is 119 Å². The van der Waals surface area contributed by atoms with Crippen LogP contribution in [0, 0.1) is 5.92 Å². The number of allylic oxidation sites excluding steroid dienone is 4. The zero-order chi connectivity index (χ0) is 21.4. The quantitative estimate of drug-likeness (QED) is 0.419. The van der Waals surface area contributed by atoms with Gasteiger partial charge in [-0.05, 0) is 47.9 Å². The van der Waals surface area contributed by atoms with Crippen molar-refractivity contribution in [2.24, 2.45) is 5.92 Å². The zero-order valence-electron chi connectivity index (χ0n) is 19.0. The molecule has 1 heteroatoms. The highest BCUT2D eigenvalue weighted by atomic mass is 15.2. The van der Waals surface area contributed by atoms with E-state index in [0.717, 1.165) is 12.0 Å². The molecule has 0 fully saturated rings. The summed E-state index contributed by atoms with van der Waals surface area (Å²) >= 11 is 0. The normalized spacial score (nSPS) is 13.3. The summed E-state index contributed by atoms with van der Waals surface area (Å²) in [4.78, 5) is 2.47. The maximum atomic E-state index is 3.96. The summed E-state index contributed by atoms with van der Waals surface area (Å²) in [6, 6.07) is 20.0. The molecule has 1 unspecified atom stereocenters. The molecule has 2 aromatic rings. The third-order valence-electron chi connectivity index (χ3n) is 5.14. The molecule has 0 amide bonds. The van der Waals surface area contributed by atoms with E-state index in [9.17, 15) is 0 Å². The Morgan fingerprint density at radius 2 is 1.59 bits per heavy atom. The second-order valence-electron chi connectivity index (χ2n) is 9.22. The molecule has 154 valence electrons. The van der Waals surface area contributed by atoms with Gasteiger partial charge in [-0.15, -0.1) is 0 Å².